The van der Waals surface area contributed by atoms with Crippen molar-refractivity contribution in [2.75, 3.05) is 20.1 Å². The molecule has 258 valence electrons. The highest BCUT2D eigenvalue weighted by molar-refractivity contribution is 6.03. The zero-order valence-corrected chi connectivity index (χ0v) is 29.9. The highest BCUT2D eigenvalue weighted by atomic mass is 16.2. The minimum absolute atomic E-state index is 0.0165. The molecule has 0 aromatic rings. The van der Waals surface area contributed by atoms with Crippen molar-refractivity contribution in [3.63, 3.8) is 0 Å². The van der Waals surface area contributed by atoms with Gasteiger partial charge in [-0.15, -0.1) is 0 Å². The maximum absolute atomic E-state index is 11.9. The van der Waals surface area contributed by atoms with Crippen LogP contribution in [0.4, 0.5) is 4.79 Å². The molecule has 1 saturated heterocycles. The van der Waals surface area contributed by atoms with Crippen LogP contribution in [0.15, 0.2) is 0 Å². The van der Waals surface area contributed by atoms with Crippen molar-refractivity contribution >= 4 is 36.8 Å². The lowest BCUT2D eigenvalue weighted by Gasteiger charge is -2.22. The largest absolute Gasteiger partial charge is 0.352 e. The van der Waals surface area contributed by atoms with Gasteiger partial charge in [0, 0.05) is 37.9 Å². The number of nitrogens with zero attached hydrogens (tertiary/aromatic N) is 1. The van der Waals surface area contributed by atoms with E-state index in [1.165, 1.54) is 4.90 Å². The third-order valence-corrected chi connectivity index (χ3v) is 5.44. The van der Waals surface area contributed by atoms with Crippen molar-refractivity contribution in [1.82, 2.24) is 20.9 Å². The van der Waals surface area contributed by atoms with Gasteiger partial charge < -0.3 is 31.3 Å². The predicted molar refractivity (Wildman–Crippen MR) is 180 cm³/mol. The average molecular weight is 620 g/mol. The summed E-state index contributed by atoms with van der Waals surface area (Å²) in [4.78, 5) is 64.6. The molecule has 0 bridgehead atoms. The molecule has 1 heterocycles. The minimum atomic E-state index is -0.512. The molecule has 5 amide bonds. The zero-order chi connectivity index (χ0) is 35.4. The van der Waals surface area contributed by atoms with Gasteiger partial charge in [0.25, 0.3) is 0 Å². The first kappa shape index (κ1) is 52.8. The molecule has 1 rings (SSSR count). The molecule has 0 aromatic carbocycles. The average Bonchev–Trinajstić information content (AvgIpc) is 3.26. The minimum Gasteiger partial charge on any atom is -0.352 e. The van der Waals surface area contributed by atoms with Crippen LogP contribution in [0.1, 0.15) is 128 Å². The molecule has 5 N–H and O–H groups in total. The number of unbranched alkanes of at least 4 members (excludes halogenated alkanes) is 3. The number of urea groups is 1. The number of nitrogens with one attached hydrogen (secondary N) is 3. The van der Waals surface area contributed by atoms with Crippen LogP contribution in [0.5, 0.6) is 0 Å². The Morgan fingerprint density at radius 3 is 1.84 bits per heavy atom. The van der Waals surface area contributed by atoms with E-state index in [2.05, 4.69) is 16.0 Å². The highest BCUT2D eigenvalue weighted by Gasteiger charge is 2.34. The number of imide groups is 1. The summed E-state index contributed by atoms with van der Waals surface area (Å²) in [5.41, 5.74) is 4.95. The van der Waals surface area contributed by atoms with Crippen molar-refractivity contribution in [3.8, 4) is 0 Å². The van der Waals surface area contributed by atoms with Gasteiger partial charge in [0.2, 0.25) is 17.7 Å². The summed E-state index contributed by atoms with van der Waals surface area (Å²) in [6, 6.07) is -0.597. The van der Waals surface area contributed by atoms with Crippen LogP contribution in [-0.2, 0) is 24.0 Å². The van der Waals surface area contributed by atoms with Gasteiger partial charge >= 0.3 is 6.03 Å². The number of carbonyl (C=O) groups excluding carboxylic acids is 6. The molecule has 1 fully saturated rings. The van der Waals surface area contributed by atoms with E-state index in [9.17, 15) is 24.0 Å². The third kappa shape index (κ3) is 31.9. The molecule has 43 heavy (non-hydrogen) atoms. The first-order valence-corrected chi connectivity index (χ1v) is 16.1. The van der Waals surface area contributed by atoms with E-state index in [0.717, 1.165) is 38.4 Å². The van der Waals surface area contributed by atoms with E-state index in [0.29, 0.717) is 25.9 Å². The Morgan fingerprint density at radius 1 is 0.953 bits per heavy atom. The fraction of sp³-hybridized carbons (Fsp3) is 0.812. The fourth-order valence-electron chi connectivity index (χ4n) is 3.55. The number of likely N-dealkylation sites (N-methyl/N-ethyl adjacent to an activating group) is 1. The number of hydrogen-bond donors (Lipinski definition) is 4. The molecule has 1 aliphatic rings. The van der Waals surface area contributed by atoms with Gasteiger partial charge in [-0.1, -0.05) is 82.6 Å². The van der Waals surface area contributed by atoms with Crippen molar-refractivity contribution < 1.29 is 28.8 Å². The van der Waals surface area contributed by atoms with E-state index < -0.39 is 6.03 Å². The second-order valence-corrected chi connectivity index (χ2v) is 8.86. The topological polar surface area (TPSA) is 168 Å². The quantitative estimate of drug-likeness (QED) is 0.117. The number of likely N-dealkylation sites (tertiary alicyclic amines) is 1. The first-order chi connectivity index (χ1) is 20.5. The smallest absolute Gasteiger partial charge is 0.312 e. The lowest BCUT2D eigenvalue weighted by atomic mass is 10.0. The molecule has 3 atom stereocenters. The van der Waals surface area contributed by atoms with Crippen LogP contribution < -0.4 is 21.7 Å². The molecule has 3 unspecified atom stereocenters. The number of nitrogens with two attached hydrogens (primary N) is 1. The Labute approximate surface area is 264 Å². The Balaban J connectivity index is -0.000000124. The summed E-state index contributed by atoms with van der Waals surface area (Å²) in [6.07, 6.45) is 5.95. The molecular weight excluding hydrogens is 550 g/mol. The standard InChI is InChI=1S/C12H26N4O2.C11H17NO3.4C2H6.CH2O/c1-8(2)10(14-4)11(17)16-9(3)6-5-7-15-12(13)18;1-9-8-10(14)12(11(9)15)6-4-2-3-5-7-13;5*1-2/h8-10,14H,5-7H2,1-4H3,(H,16,17)(H3,13,15,18);7,9H,2-6,8H2,1H3;4*1-2H3;1H2. The molecule has 1 aliphatic heterocycles. The second kappa shape index (κ2) is 41.3. The van der Waals surface area contributed by atoms with Gasteiger partial charge in [-0.25, -0.2) is 4.79 Å². The van der Waals surface area contributed by atoms with Crippen molar-refractivity contribution in [2.24, 2.45) is 17.6 Å². The Hall–Kier alpha value is -2.82. The van der Waals surface area contributed by atoms with E-state index >= 15 is 0 Å². The number of hydrogen-bond acceptors (Lipinski definition) is 7. The first-order valence-electron chi connectivity index (χ1n) is 16.1. The van der Waals surface area contributed by atoms with E-state index in [1.807, 2.05) is 83.0 Å². The lowest BCUT2D eigenvalue weighted by molar-refractivity contribution is -0.139. The normalized spacial score (nSPS) is 13.9. The molecule has 11 heteroatoms. The summed E-state index contributed by atoms with van der Waals surface area (Å²) in [5, 5.41) is 8.48. The molecule has 11 nitrogen and oxygen atoms in total. The Bertz CT molecular complexity index is 662. The van der Waals surface area contributed by atoms with Gasteiger partial charge in [-0.2, -0.15) is 0 Å². The number of rotatable bonds is 14. The van der Waals surface area contributed by atoms with Crippen molar-refractivity contribution in [2.45, 2.75) is 140 Å². The maximum Gasteiger partial charge on any atom is 0.312 e. The van der Waals surface area contributed by atoms with Crippen molar-refractivity contribution in [1.29, 1.82) is 0 Å². The lowest BCUT2D eigenvalue weighted by Crippen LogP contribution is -2.48. The Morgan fingerprint density at radius 2 is 1.47 bits per heavy atom. The monoisotopic (exact) mass is 620 g/mol. The van der Waals surface area contributed by atoms with Crippen molar-refractivity contribution in [3.05, 3.63) is 0 Å². The number of primary amides is 1. The summed E-state index contributed by atoms with van der Waals surface area (Å²) >= 11 is 0. The third-order valence-electron chi connectivity index (χ3n) is 5.44. The molecule has 0 aromatic heterocycles. The summed E-state index contributed by atoms with van der Waals surface area (Å²) in [5.74, 6) is 0.0207. The van der Waals surface area contributed by atoms with Crippen LogP contribution in [0.25, 0.3) is 0 Å². The molecular formula is C32H69N5O6. The molecule has 0 spiro atoms. The maximum atomic E-state index is 11.9. The Kier molecular flexibility index (Phi) is 50.7. The number of aldehydes is 1. The van der Waals surface area contributed by atoms with Gasteiger partial charge in [0.1, 0.15) is 13.1 Å². The summed E-state index contributed by atoms with van der Waals surface area (Å²) < 4.78 is 0. The molecule has 0 saturated carbocycles. The van der Waals surface area contributed by atoms with Gasteiger partial charge in [-0.05, 0) is 45.6 Å². The van der Waals surface area contributed by atoms with Crippen LogP contribution in [0, 0.1) is 11.8 Å². The number of carbonyl (C=O) groups is 6. The van der Waals surface area contributed by atoms with Gasteiger partial charge in [0.15, 0.2) is 0 Å². The van der Waals surface area contributed by atoms with Crippen LogP contribution in [0.2, 0.25) is 0 Å². The summed E-state index contributed by atoms with van der Waals surface area (Å²) in [6.45, 7) is 26.8. The van der Waals surface area contributed by atoms with Crippen LogP contribution in [-0.4, -0.2) is 73.9 Å². The van der Waals surface area contributed by atoms with Crippen LogP contribution >= 0.6 is 0 Å². The van der Waals surface area contributed by atoms with Gasteiger partial charge in [0.05, 0.1) is 6.04 Å². The zero-order valence-electron chi connectivity index (χ0n) is 29.9. The van der Waals surface area contributed by atoms with E-state index in [-0.39, 0.29) is 41.6 Å². The molecule has 0 aliphatic carbocycles. The van der Waals surface area contributed by atoms with Crippen LogP contribution in [0.3, 0.4) is 0 Å². The number of amides is 5. The predicted octanol–water partition coefficient (Wildman–Crippen LogP) is 5.24. The molecule has 0 radical (unpaired) electrons. The SMILES string of the molecule is C=O.CC.CC.CC.CC.CC1CC(=O)N(CCCCCC=O)C1=O.CNC(C(=O)NC(C)CCCNC(N)=O)C(C)C. The summed E-state index contributed by atoms with van der Waals surface area (Å²) in [7, 11) is 1.78. The second-order valence-electron chi connectivity index (χ2n) is 8.86. The van der Waals surface area contributed by atoms with Gasteiger partial charge in [-0.3, -0.25) is 19.3 Å². The van der Waals surface area contributed by atoms with E-state index in [1.54, 1.807) is 14.0 Å². The highest BCUT2D eigenvalue weighted by Crippen LogP contribution is 2.19. The van der Waals surface area contributed by atoms with E-state index in [4.69, 9.17) is 10.5 Å². The fourth-order valence-corrected chi connectivity index (χ4v) is 3.55.